The quantitative estimate of drug-likeness (QED) is 0.629. The Bertz CT molecular complexity index is 420. The second-order valence-electron chi connectivity index (χ2n) is 3.43. The lowest BCUT2D eigenvalue weighted by Crippen LogP contribution is -2.44. The van der Waals surface area contributed by atoms with Crippen molar-refractivity contribution >= 4 is 29.2 Å². The van der Waals surface area contributed by atoms with Gasteiger partial charge in [0.2, 0.25) is 11.8 Å². The van der Waals surface area contributed by atoms with Gasteiger partial charge >= 0.3 is 0 Å². The van der Waals surface area contributed by atoms with Crippen molar-refractivity contribution in [2.45, 2.75) is 19.3 Å². The summed E-state index contributed by atoms with van der Waals surface area (Å²) in [5.74, 6) is -0.0906. The number of rotatable bonds is 2. The molecule has 5 nitrogen and oxygen atoms in total. The van der Waals surface area contributed by atoms with Gasteiger partial charge in [0.1, 0.15) is 11.0 Å². The third-order valence-corrected chi connectivity index (χ3v) is 2.43. The minimum atomic E-state index is -0.238. The summed E-state index contributed by atoms with van der Waals surface area (Å²) < 4.78 is 0. The summed E-state index contributed by atoms with van der Waals surface area (Å²) in [6, 6.07) is 4.95. The van der Waals surface area contributed by atoms with Gasteiger partial charge in [0.25, 0.3) is 0 Å². The molecule has 2 rings (SSSR count). The second kappa shape index (κ2) is 4.49. The fourth-order valence-corrected chi connectivity index (χ4v) is 1.63. The van der Waals surface area contributed by atoms with Crippen LogP contribution >= 0.6 is 11.6 Å². The molecule has 1 saturated heterocycles. The largest absolute Gasteiger partial charge is 0.273 e. The molecule has 0 bridgehead atoms. The van der Waals surface area contributed by atoms with Crippen LogP contribution in [0.25, 0.3) is 0 Å². The van der Waals surface area contributed by atoms with Gasteiger partial charge in [-0.15, -0.1) is 0 Å². The molecular formula is C10H10ClN3O2. The SMILES string of the molecule is O=C1CCCC(=O)N1Nc1cccc(Cl)n1. The number of nitrogens with zero attached hydrogens (tertiary/aromatic N) is 2. The molecule has 6 heteroatoms. The number of anilines is 1. The summed E-state index contributed by atoms with van der Waals surface area (Å²) in [6.07, 6.45) is 1.36. The number of amides is 2. The van der Waals surface area contributed by atoms with Crippen molar-refractivity contribution in [2.24, 2.45) is 0 Å². The predicted octanol–water partition coefficient (Wildman–Crippen LogP) is 1.60. The molecule has 0 spiro atoms. The zero-order chi connectivity index (χ0) is 11.5. The van der Waals surface area contributed by atoms with Gasteiger partial charge in [0.05, 0.1) is 0 Å². The number of hydrogen-bond donors (Lipinski definition) is 1. The first-order valence-corrected chi connectivity index (χ1v) is 5.29. The molecule has 0 aromatic carbocycles. The van der Waals surface area contributed by atoms with Crippen LogP contribution in [0.5, 0.6) is 0 Å². The summed E-state index contributed by atoms with van der Waals surface area (Å²) in [5, 5.41) is 1.31. The molecule has 84 valence electrons. The van der Waals surface area contributed by atoms with Crippen LogP contribution in [0.15, 0.2) is 18.2 Å². The molecule has 0 aliphatic carbocycles. The number of halogens is 1. The normalized spacial score (nSPS) is 16.4. The Morgan fingerprint density at radius 3 is 2.56 bits per heavy atom. The fourth-order valence-electron chi connectivity index (χ4n) is 1.46. The van der Waals surface area contributed by atoms with Crippen LogP contribution in [0.1, 0.15) is 19.3 Å². The Labute approximate surface area is 97.4 Å². The zero-order valence-corrected chi connectivity index (χ0v) is 9.20. The lowest BCUT2D eigenvalue weighted by molar-refractivity contribution is -0.146. The average Bonchev–Trinajstić information content (AvgIpc) is 2.24. The third kappa shape index (κ3) is 2.30. The highest BCUT2D eigenvalue weighted by Gasteiger charge is 2.26. The van der Waals surface area contributed by atoms with E-state index in [0.29, 0.717) is 30.2 Å². The molecular weight excluding hydrogens is 230 g/mol. The van der Waals surface area contributed by atoms with Gasteiger partial charge < -0.3 is 0 Å². The highest BCUT2D eigenvalue weighted by molar-refractivity contribution is 6.29. The van der Waals surface area contributed by atoms with Gasteiger partial charge in [0, 0.05) is 12.8 Å². The monoisotopic (exact) mass is 239 g/mol. The number of nitrogens with one attached hydrogen (secondary N) is 1. The van der Waals surface area contributed by atoms with E-state index in [1.807, 2.05) is 0 Å². The van der Waals surface area contributed by atoms with E-state index in [0.717, 1.165) is 5.01 Å². The molecule has 16 heavy (non-hydrogen) atoms. The van der Waals surface area contributed by atoms with Crippen molar-refractivity contribution in [1.29, 1.82) is 0 Å². The van der Waals surface area contributed by atoms with Gasteiger partial charge in [-0.3, -0.25) is 15.0 Å². The van der Waals surface area contributed by atoms with E-state index in [4.69, 9.17) is 11.6 Å². The highest BCUT2D eigenvalue weighted by Crippen LogP contribution is 2.15. The minimum absolute atomic E-state index is 0.238. The van der Waals surface area contributed by atoms with Crippen molar-refractivity contribution in [2.75, 3.05) is 5.43 Å². The molecule has 1 aromatic heterocycles. The topological polar surface area (TPSA) is 62.3 Å². The number of carbonyl (C=O) groups excluding carboxylic acids is 2. The van der Waals surface area contributed by atoms with E-state index in [1.54, 1.807) is 18.2 Å². The number of carbonyl (C=O) groups is 2. The van der Waals surface area contributed by atoms with Crippen molar-refractivity contribution in [3.05, 3.63) is 23.4 Å². The van der Waals surface area contributed by atoms with E-state index in [-0.39, 0.29) is 11.8 Å². The summed E-state index contributed by atoms with van der Waals surface area (Å²) in [5.41, 5.74) is 2.66. The van der Waals surface area contributed by atoms with E-state index in [1.165, 1.54) is 0 Å². The number of imide groups is 1. The number of piperidine rings is 1. The van der Waals surface area contributed by atoms with Gasteiger partial charge in [-0.25, -0.2) is 4.98 Å². The first kappa shape index (κ1) is 10.9. The lowest BCUT2D eigenvalue weighted by atomic mass is 10.1. The van der Waals surface area contributed by atoms with Crippen LogP contribution in [-0.4, -0.2) is 21.8 Å². The maximum Gasteiger partial charge on any atom is 0.248 e. The molecule has 1 aliphatic rings. The smallest absolute Gasteiger partial charge is 0.248 e. The van der Waals surface area contributed by atoms with E-state index >= 15 is 0 Å². The lowest BCUT2D eigenvalue weighted by Gasteiger charge is -2.25. The molecule has 1 fully saturated rings. The molecule has 1 aromatic rings. The number of hydrazine groups is 1. The van der Waals surface area contributed by atoms with Crippen LogP contribution in [0.4, 0.5) is 5.82 Å². The maximum absolute atomic E-state index is 11.5. The molecule has 0 unspecified atom stereocenters. The molecule has 2 amide bonds. The summed E-state index contributed by atoms with van der Waals surface area (Å²) in [7, 11) is 0. The van der Waals surface area contributed by atoms with Crippen molar-refractivity contribution in [3.63, 3.8) is 0 Å². The Hall–Kier alpha value is -1.62. The zero-order valence-electron chi connectivity index (χ0n) is 8.44. The molecule has 0 atom stereocenters. The Morgan fingerprint density at radius 2 is 1.94 bits per heavy atom. The summed E-state index contributed by atoms with van der Waals surface area (Å²) >= 11 is 5.70. The number of hydrogen-bond acceptors (Lipinski definition) is 4. The van der Waals surface area contributed by atoms with Crippen LogP contribution in [0, 0.1) is 0 Å². The standard InChI is InChI=1S/C10H10ClN3O2/c11-7-3-1-4-8(12-7)13-14-9(15)5-2-6-10(14)16/h1,3-4H,2,5-6H2,(H,12,13). The predicted molar refractivity (Wildman–Crippen MR) is 58.6 cm³/mol. The maximum atomic E-state index is 11.5. The van der Waals surface area contributed by atoms with Crippen LogP contribution in [0.2, 0.25) is 5.15 Å². The summed E-state index contributed by atoms with van der Waals surface area (Å²) in [6.45, 7) is 0. The molecule has 0 radical (unpaired) electrons. The van der Waals surface area contributed by atoms with E-state index < -0.39 is 0 Å². The number of aromatic nitrogens is 1. The van der Waals surface area contributed by atoms with Gasteiger partial charge in [0.15, 0.2) is 0 Å². The fraction of sp³-hybridized carbons (Fsp3) is 0.300. The van der Waals surface area contributed by atoms with E-state index in [9.17, 15) is 9.59 Å². The third-order valence-electron chi connectivity index (χ3n) is 2.22. The molecule has 0 saturated carbocycles. The highest BCUT2D eigenvalue weighted by atomic mass is 35.5. The minimum Gasteiger partial charge on any atom is -0.273 e. The average molecular weight is 240 g/mol. The second-order valence-corrected chi connectivity index (χ2v) is 3.82. The van der Waals surface area contributed by atoms with Gasteiger partial charge in [-0.2, -0.15) is 5.01 Å². The summed E-state index contributed by atoms with van der Waals surface area (Å²) in [4.78, 5) is 26.9. The molecule has 1 N–H and O–H groups in total. The Morgan fingerprint density at radius 1 is 1.25 bits per heavy atom. The first-order valence-electron chi connectivity index (χ1n) is 4.92. The van der Waals surface area contributed by atoms with Crippen molar-refractivity contribution in [1.82, 2.24) is 9.99 Å². The molecule has 2 heterocycles. The first-order chi connectivity index (χ1) is 7.66. The van der Waals surface area contributed by atoms with Crippen LogP contribution in [-0.2, 0) is 9.59 Å². The van der Waals surface area contributed by atoms with Crippen LogP contribution < -0.4 is 5.43 Å². The Kier molecular flexibility index (Phi) is 3.05. The van der Waals surface area contributed by atoms with Crippen molar-refractivity contribution in [3.8, 4) is 0 Å². The number of pyridine rings is 1. The van der Waals surface area contributed by atoms with Crippen LogP contribution in [0.3, 0.4) is 0 Å². The van der Waals surface area contributed by atoms with Gasteiger partial charge in [-0.05, 0) is 18.6 Å². The van der Waals surface area contributed by atoms with Gasteiger partial charge in [-0.1, -0.05) is 17.7 Å². The Balaban J connectivity index is 2.13. The molecule has 1 aliphatic heterocycles. The van der Waals surface area contributed by atoms with Crippen molar-refractivity contribution < 1.29 is 9.59 Å². The van der Waals surface area contributed by atoms with E-state index in [2.05, 4.69) is 10.4 Å².